The van der Waals surface area contributed by atoms with Crippen molar-refractivity contribution < 1.29 is 0 Å². The third kappa shape index (κ3) is 3.94. The van der Waals surface area contributed by atoms with Gasteiger partial charge in [0.25, 0.3) is 0 Å². The van der Waals surface area contributed by atoms with Crippen LogP contribution < -0.4 is 5.01 Å². The lowest BCUT2D eigenvalue weighted by atomic mass is 9.98. The van der Waals surface area contributed by atoms with Gasteiger partial charge in [-0.3, -0.25) is 5.01 Å². The molecule has 0 aliphatic carbocycles. The summed E-state index contributed by atoms with van der Waals surface area (Å²) >= 11 is 7.92. The summed E-state index contributed by atoms with van der Waals surface area (Å²) in [5, 5.41) is 15.1. The zero-order chi connectivity index (χ0) is 22.9. The number of rotatable bonds is 5. The molecule has 6 heteroatoms. The average molecular weight is 481 g/mol. The van der Waals surface area contributed by atoms with E-state index in [1.54, 1.807) is 11.3 Å². The molecule has 6 rings (SSSR count). The number of benzene rings is 3. The number of hydrazone groups is 1. The summed E-state index contributed by atoms with van der Waals surface area (Å²) in [6.45, 7) is 0. The highest BCUT2D eigenvalue weighted by Crippen LogP contribution is 2.41. The minimum Gasteiger partial charge on any atom is -0.257 e. The van der Waals surface area contributed by atoms with Crippen molar-refractivity contribution in [2.24, 2.45) is 5.10 Å². The standard InChI is InChI=1S/C28H21ClN4S/c29-21-15-13-20(14-16-21)28-24(19-32(31-28)22-8-3-1-4-9-22)26-18-25(27-12-7-17-34-27)30-33(26)23-10-5-2-6-11-23/h1-17,19,26H,18H2/t26-/m1/s1. The quantitative estimate of drug-likeness (QED) is 0.259. The second kappa shape index (κ2) is 8.93. The van der Waals surface area contributed by atoms with Gasteiger partial charge in [-0.05, 0) is 47.8 Å². The van der Waals surface area contributed by atoms with Crippen LogP contribution >= 0.6 is 22.9 Å². The molecular weight excluding hydrogens is 460 g/mol. The fourth-order valence-electron chi connectivity index (χ4n) is 4.34. The summed E-state index contributed by atoms with van der Waals surface area (Å²) in [6, 6.07) is 32.7. The van der Waals surface area contributed by atoms with Gasteiger partial charge in [-0.15, -0.1) is 11.3 Å². The smallest absolute Gasteiger partial charge is 0.0981 e. The number of nitrogens with zero attached hydrogens (tertiary/aromatic N) is 4. The van der Waals surface area contributed by atoms with E-state index in [-0.39, 0.29) is 6.04 Å². The average Bonchev–Trinajstić information content (AvgIpc) is 3.65. The van der Waals surface area contributed by atoms with E-state index in [0.29, 0.717) is 5.02 Å². The Balaban J connectivity index is 1.50. The molecule has 1 aliphatic heterocycles. The van der Waals surface area contributed by atoms with E-state index < -0.39 is 0 Å². The molecular formula is C28H21ClN4S. The highest BCUT2D eigenvalue weighted by Gasteiger charge is 2.33. The van der Waals surface area contributed by atoms with E-state index >= 15 is 0 Å². The van der Waals surface area contributed by atoms with Crippen molar-refractivity contribution in [2.45, 2.75) is 12.5 Å². The maximum absolute atomic E-state index is 6.20. The number of hydrogen-bond acceptors (Lipinski definition) is 4. The van der Waals surface area contributed by atoms with Crippen molar-refractivity contribution >= 4 is 34.3 Å². The molecule has 0 N–H and O–H groups in total. The number of anilines is 1. The summed E-state index contributed by atoms with van der Waals surface area (Å²) in [5.74, 6) is 0. The van der Waals surface area contributed by atoms with E-state index in [1.807, 2.05) is 53.2 Å². The molecule has 1 atom stereocenters. The maximum Gasteiger partial charge on any atom is 0.0981 e. The van der Waals surface area contributed by atoms with Crippen molar-refractivity contribution in [1.29, 1.82) is 0 Å². The summed E-state index contributed by atoms with van der Waals surface area (Å²) in [6.07, 6.45) is 2.95. The molecule has 0 unspecified atom stereocenters. The second-order valence-corrected chi connectivity index (χ2v) is 9.53. The zero-order valence-electron chi connectivity index (χ0n) is 18.3. The summed E-state index contributed by atoms with van der Waals surface area (Å²) in [4.78, 5) is 1.20. The van der Waals surface area contributed by atoms with Gasteiger partial charge in [-0.2, -0.15) is 10.2 Å². The lowest BCUT2D eigenvalue weighted by Gasteiger charge is -2.23. The van der Waals surface area contributed by atoms with E-state index in [2.05, 4.69) is 65.1 Å². The normalized spacial score (nSPS) is 15.5. The second-order valence-electron chi connectivity index (χ2n) is 8.14. The number of halogens is 1. The van der Waals surface area contributed by atoms with Crippen molar-refractivity contribution in [3.63, 3.8) is 0 Å². The molecule has 0 amide bonds. The first-order valence-corrected chi connectivity index (χ1v) is 12.4. The van der Waals surface area contributed by atoms with Gasteiger partial charge >= 0.3 is 0 Å². The predicted octanol–water partition coefficient (Wildman–Crippen LogP) is 7.61. The van der Waals surface area contributed by atoms with Gasteiger partial charge in [0.15, 0.2) is 0 Å². The Labute approximate surface area is 207 Å². The van der Waals surface area contributed by atoms with Crippen LogP contribution in [0.3, 0.4) is 0 Å². The third-order valence-corrected chi connectivity index (χ3v) is 7.15. The molecule has 2 aromatic heterocycles. The molecule has 0 bridgehead atoms. The van der Waals surface area contributed by atoms with Gasteiger partial charge < -0.3 is 0 Å². The Morgan fingerprint density at radius 1 is 0.794 bits per heavy atom. The summed E-state index contributed by atoms with van der Waals surface area (Å²) in [5.41, 5.74) is 6.28. The van der Waals surface area contributed by atoms with Gasteiger partial charge in [0, 0.05) is 28.8 Å². The van der Waals surface area contributed by atoms with Crippen molar-refractivity contribution in [3.05, 3.63) is 124 Å². The zero-order valence-corrected chi connectivity index (χ0v) is 19.8. The maximum atomic E-state index is 6.20. The van der Waals surface area contributed by atoms with E-state index in [4.69, 9.17) is 21.8 Å². The monoisotopic (exact) mass is 480 g/mol. The molecule has 0 saturated heterocycles. The van der Waals surface area contributed by atoms with Gasteiger partial charge in [-0.25, -0.2) is 4.68 Å². The molecule has 5 aromatic rings. The molecule has 0 spiro atoms. The number of para-hydroxylation sites is 2. The Hall–Kier alpha value is -3.67. The van der Waals surface area contributed by atoms with Gasteiger partial charge in [0.2, 0.25) is 0 Å². The minimum atomic E-state index is 0.0163. The van der Waals surface area contributed by atoms with E-state index in [0.717, 1.165) is 40.3 Å². The van der Waals surface area contributed by atoms with Gasteiger partial charge in [-0.1, -0.05) is 66.2 Å². The third-order valence-electron chi connectivity index (χ3n) is 5.98. The largest absolute Gasteiger partial charge is 0.257 e. The Kier molecular flexibility index (Phi) is 5.49. The highest BCUT2D eigenvalue weighted by atomic mass is 35.5. The SMILES string of the molecule is Clc1ccc(-c2nn(-c3ccccc3)cc2[C@H]2CC(c3cccs3)=NN2c2ccccc2)cc1. The Morgan fingerprint density at radius 2 is 1.50 bits per heavy atom. The van der Waals surface area contributed by atoms with Crippen LogP contribution in [0.25, 0.3) is 16.9 Å². The summed E-state index contributed by atoms with van der Waals surface area (Å²) < 4.78 is 1.96. The molecule has 3 aromatic carbocycles. The first-order valence-electron chi connectivity index (χ1n) is 11.1. The summed E-state index contributed by atoms with van der Waals surface area (Å²) in [7, 11) is 0. The minimum absolute atomic E-state index is 0.0163. The first-order chi connectivity index (χ1) is 16.8. The van der Waals surface area contributed by atoms with E-state index in [9.17, 15) is 0 Å². The number of hydrogen-bond donors (Lipinski definition) is 0. The van der Waals surface area contributed by atoms with Gasteiger partial charge in [0.05, 0.1) is 33.7 Å². The van der Waals surface area contributed by atoms with Crippen molar-refractivity contribution in [1.82, 2.24) is 9.78 Å². The van der Waals surface area contributed by atoms with Crippen molar-refractivity contribution in [2.75, 3.05) is 5.01 Å². The fraction of sp³-hybridized carbons (Fsp3) is 0.0714. The van der Waals surface area contributed by atoms with Crippen LogP contribution in [-0.4, -0.2) is 15.5 Å². The molecule has 0 saturated carbocycles. The molecule has 4 nitrogen and oxygen atoms in total. The Morgan fingerprint density at radius 3 is 2.18 bits per heavy atom. The lowest BCUT2D eigenvalue weighted by Crippen LogP contribution is -2.18. The lowest BCUT2D eigenvalue weighted by molar-refractivity contribution is 0.710. The number of thiophene rings is 1. The van der Waals surface area contributed by atoms with Crippen LogP contribution in [0.2, 0.25) is 5.02 Å². The van der Waals surface area contributed by atoms with Crippen LogP contribution in [0, 0.1) is 0 Å². The number of aromatic nitrogens is 2. The molecule has 166 valence electrons. The molecule has 0 fully saturated rings. The van der Waals surface area contributed by atoms with Crippen molar-refractivity contribution in [3.8, 4) is 16.9 Å². The molecule has 34 heavy (non-hydrogen) atoms. The Bertz CT molecular complexity index is 1430. The van der Waals surface area contributed by atoms with Crippen LogP contribution in [0.4, 0.5) is 5.69 Å². The first kappa shape index (κ1) is 20.9. The van der Waals surface area contributed by atoms with Crippen LogP contribution in [0.15, 0.2) is 114 Å². The van der Waals surface area contributed by atoms with E-state index in [1.165, 1.54) is 4.88 Å². The highest BCUT2D eigenvalue weighted by molar-refractivity contribution is 7.12. The predicted molar refractivity (Wildman–Crippen MR) is 141 cm³/mol. The van der Waals surface area contributed by atoms with Gasteiger partial charge in [0.1, 0.15) is 0 Å². The van der Waals surface area contributed by atoms with Crippen LogP contribution in [-0.2, 0) is 0 Å². The van der Waals surface area contributed by atoms with Crippen LogP contribution in [0.5, 0.6) is 0 Å². The molecule has 0 radical (unpaired) electrons. The van der Waals surface area contributed by atoms with Crippen LogP contribution in [0.1, 0.15) is 22.9 Å². The molecule has 3 heterocycles. The molecule has 1 aliphatic rings. The fourth-order valence-corrected chi connectivity index (χ4v) is 5.19. The topological polar surface area (TPSA) is 33.4 Å².